The third-order valence-electron chi connectivity index (χ3n) is 2.74. The van der Waals surface area contributed by atoms with Crippen LogP contribution in [0.1, 0.15) is 29.5 Å². The maximum absolute atomic E-state index is 12.3. The van der Waals surface area contributed by atoms with Crippen molar-refractivity contribution in [2.75, 3.05) is 17.2 Å². The summed E-state index contributed by atoms with van der Waals surface area (Å²) in [7, 11) is 0. The van der Waals surface area contributed by atoms with Crippen molar-refractivity contribution in [1.82, 2.24) is 9.97 Å². The van der Waals surface area contributed by atoms with Crippen molar-refractivity contribution >= 4 is 40.7 Å². The van der Waals surface area contributed by atoms with Gasteiger partial charge in [-0.25, -0.2) is 9.97 Å². The van der Waals surface area contributed by atoms with E-state index in [1.54, 1.807) is 24.3 Å². The van der Waals surface area contributed by atoms with Crippen LogP contribution in [-0.4, -0.2) is 22.4 Å². The van der Waals surface area contributed by atoms with Gasteiger partial charge in [0.05, 0.1) is 0 Å². The van der Waals surface area contributed by atoms with Gasteiger partial charge in [0.25, 0.3) is 5.91 Å². The summed E-state index contributed by atoms with van der Waals surface area (Å²) in [6, 6.07) is 6.46. The topological polar surface area (TPSA) is 66.9 Å². The van der Waals surface area contributed by atoms with E-state index in [-0.39, 0.29) is 11.6 Å². The number of halogens is 2. The Morgan fingerprint density at radius 1 is 1.14 bits per heavy atom. The van der Waals surface area contributed by atoms with E-state index in [0.717, 1.165) is 13.0 Å². The summed E-state index contributed by atoms with van der Waals surface area (Å²) in [4.78, 5) is 20.8. The van der Waals surface area contributed by atoms with Crippen molar-refractivity contribution in [2.24, 2.45) is 0 Å². The average molecular weight is 339 g/mol. The minimum absolute atomic E-state index is 0.280. The lowest BCUT2D eigenvalue weighted by Crippen LogP contribution is -2.16. The van der Waals surface area contributed by atoms with Crippen molar-refractivity contribution in [3.05, 3.63) is 45.7 Å². The number of amides is 1. The molecule has 7 heteroatoms. The third-order valence-corrected chi connectivity index (χ3v) is 3.18. The number of nitrogens with zero attached hydrogens (tertiary/aromatic N) is 2. The van der Waals surface area contributed by atoms with Crippen LogP contribution in [0.2, 0.25) is 10.0 Å². The Hall–Kier alpha value is -1.85. The molecule has 0 saturated carbocycles. The van der Waals surface area contributed by atoms with E-state index < -0.39 is 0 Å². The van der Waals surface area contributed by atoms with Crippen LogP contribution in [0.5, 0.6) is 0 Å². The largest absolute Gasteiger partial charge is 0.354 e. The summed E-state index contributed by atoms with van der Waals surface area (Å²) >= 11 is 11.8. The zero-order valence-corrected chi connectivity index (χ0v) is 13.8. The molecule has 2 N–H and O–H groups in total. The highest BCUT2D eigenvalue weighted by Gasteiger charge is 2.11. The summed E-state index contributed by atoms with van der Waals surface area (Å²) in [5.74, 6) is 0.0968. The predicted molar refractivity (Wildman–Crippen MR) is 90.0 cm³/mol. The monoisotopic (exact) mass is 338 g/mol. The van der Waals surface area contributed by atoms with E-state index in [2.05, 4.69) is 20.6 Å². The van der Waals surface area contributed by atoms with Crippen molar-refractivity contribution < 1.29 is 4.79 Å². The number of nitrogens with one attached hydrogen (secondary N) is 2. The van der Waals surface area contributed by atoms with E-state index in [4.69, 9.17) is 23.2 Å². The molecule has 1 aromatic carbocycles. The first kappa shape index (κ1) is 16.5. The van der Waals surface area contributed by atoms with Gasteiger partial charge >= 0.3 is 0 Å². The van der Waals surface area contributed by atoms with Gasteiger partial charge in [0, 0.05) is 28.0 Å². The fourth-order valence-corrected chi connectivity index (χ4v) is 2.35. The molecule has 2 rings (SSSR count). The number of benzene rings is 1. The van der Waals surface area contributed by atoms with Gasteiger partial charge in [0.2, 0.25) is 5.95 Å². The first-order valence-corrected chi connectivity index (χ1v) is 7.60. The number of aryl methyl sites for hydroxylation is 1. The van der Waals surface area contributed by atoms with Gasteiger partial charge in [-0.1, -0.05) is 30.1 Å². The SMILES string of the molecule is CCCNc1nc(C)cc(C(=O)Nc2cc(Cl)cc(Cl)c2)n1. The van der Waals surface area contributed by atoms with Crippen molar-refractivity contribution in [1.29, 1.82) is 0 Å². The average Bonchev–Trinajstić information content (AvgIpc) is 2.43. The molecule has 0 fully saturated rings. The van der Waals surface area contributed by atoms with Gasteiger partial charge in [-0.3, -0.25) is 4.79 Å². The molecule has 0 atom stereocenters. The fourth-order valence-electron chi connectivity index (χ4n) is 1.82. The number of carbonyl (C=O) groups is 1. The lowest BCUT2D eigenvalue weighted by atomic mass is 10.3. The van der Waals surface area contributed by atoms with Crippen LogP contribution in [0.4, 0.5) is 11.6 Å². The summed E-state index contributed by atoms with van der Waals surface area (Å²) in [6.45, 7) is 4.60. The molecule has 5 nitrogen and oxygen atoms in total. The normalized spacial score (nSPS) is 10.4. The number of rotatable bonds is 5. The highest BCUT2D eigenvalue weighted by atomic mass is 35.5. The first-order valence-electron chi connectivity index (χ1n) is 6.85. The minimum atomic E-state index is -0.344. The van der Waals surface area contributed by atoms with Gasteiger partial charge in [-0.15, -0.1) is 0 Å². The van der Waals surface area contributed by atoms with Crippen LogP contribution in [0.15, 0.2) is 24.3 Å². The molecule has 1 heterocycles. The highest BCUT2D eigenvalue weighted by Crippen LogP contribution is 2.22. The number of hydrogen-bond acceptors (Lipinski definition) is 4. The Bertz CT molecular complexity index is 671. The third kappa shape index (κ3) is 4.58. The van der Waals surface area contributed by atoms with E-state index in [0.29, 0.717) is 27.4 Å². The van der Waals surface area contributed by atoms with Crippen molar-refractivity contribution in [2.45, 2.75) is 20.3 Å². The molecule has 0 aliphatic rings. The Morgan fingerprint density at radius 3 is 2.45 bits per heavy atom. The highest BCUT2D eigenvalue weighted by molar-refractivity contribution is 6.35. The molecule has 0 saturated heterocycles. The first-order chi connectivity index (χ1) is 10.5. The molecule has 22 heavy (non-hydrogen) atoms. The molecule has 116 valence electrons. The second-order valence-corrected chi connectivity index (χ2v) is 5.63. The molecule has 0 unspecified atom stereocenters. The molecule has 0 aliphatic heterocycles. The van der Waals surface area contributed by atoms with Crippen molar-refractivity contribution in [3.8, 4) is 0 Å². The lowest BCUT2D eigenvalue weighted by molar-refractivity contribution is 0.102. The van der Waals surface area contributed by atoms with Crippen LogP contribution < -0.4 is 10.6 Å². The Balaban J connectivity index is 2.19. The Morgan fingerprint density at radius 2 is 1.82 bits per heavy atom. The second-order valence-electron chi connectivity index (χ2n) is 4.76. The quantitative estimate of drug-likeness (QED) is 0.858. The number of hydrogen-bond donors (Lipinski definition) is 2. The van der Waals surface area contributed by atoms with Gasteiger partial charge < -0.3 is 10.6 Å². The summed E-state index contributed by atoms with van der Waals surface area (Å²) in [6.07, 6.45) is 0.944. The number of carbonyl (C=O) groups excluding carboxylic acids is 1. The van der Waals surface area contributed by atoms with Crippen molar-refractivity contribution in [3.63, 3.8) is 0 Å². The molecule has 0 spiro atoms. The minimum Gasteiger partial charge on any atom is -0.354 e. The molecule has 0 bridgehead atoms. The van der Waals surface area contributed by atoms with Crippen LogP contribution >= 0.6 is 23.2 Å². The standard InChI is InChI=1S/C15H16Cl2N4O/c1-3-4-18-15-19-9(2)5-13(21-15)14(22)20-12-7-10(16)6-11(17)8-12/h5-8H,3-4H2,1-2H3,(H,20,22)(H,18,19,21). The molecule has 0 aliphatic carbocycles. The van der Waals surface area contributed by atoms with Gasteiger partial charge in [0.1, 0.15) is 5.69 Å². The molecular formula is C15H16Cl2N4O. The van der Waals surface area contributed by atoms with Crippen LogP contribution in [0, 0.1) is 6.92 Å². The Kier molecular flexibility index (Phi) is 5.57. The molecule has 1 amide bonds. The Labute approximate surface area is 139 Å². The summed E-state index contributed by atoms with van der Waals surface area (Å²) < 4.78 is 0. The van der Waals surface area contributed by atoms with Crippen LogP contribution in [0.3, 0.4) is 0 Å². The predicted octanol–water partition coefficient (Wildman–Crippen LogP) is 4.17. The molecular weight excluding hydrogens is 323 g/mol. The van der Waals surface area contributed by atoms with Gasteiger partial charge in [0.15, 0.2) is 0 Å². The van der Waals surface area contributed by atoms with E-state index >= 15 is 0 Å². The maximum Gasteiger partial charge on any atom is 0.274 e. The number of anilines is 2. The smallest absolute Gasteiger partial charge is 0.274 e. The molecule has 0 radical (unpaired) electrons. The molecule has 2 aromatic rings. The van der Waals surface area contributed by atoms with E-state index in [1.165, 1.54) is 0 Å². The maximum atomic E-state index is 12.3. The fraction of sp³-hybridized carbons (Fsp3) is 0.267. The molecule has 1 aromatic heterocycles. The number of aromatic nitrogens is 2. The summed E-state index contributed by atoms with van der Waals surface area (Å²) in [5.41, 5.74) is 1.51. The van der Waals surface area contributed by atoms with Crippen LogP contribution in [-0.2, 0) is 0 Å². The van der Waals surface area contributed by atoms with Gasteiger partial charge in [-0.05, 0) is 37.6 Å². The van der Waals surface area contributed by atoms with Gasteiger partial charge in [-0.2, -0.15) is 0 Å². The van der Waals surface area contributed by atoms with Crippen LogP contribution in [0.25, 0.3) is 0 Å². The van der Waals surface area contributed by atoms with E-state index in [1.807, 2.05) is 13.8 Å². The lowest BCUT2D eigenvalue weighted by Gasteiger charge is -2.09. The second kappa shape index (κ2) is 7.42. The van der Waals surface area contributed by atoms with E-state index in [9.17, 15) is 4.79 Å². The zero-order chi connectivity index (χ0) is 16.1. The summed E-state index contributed by atoms with van der Waals surface area (Å²) in [5, 5.41) is 6.69. The zero-order valence-electron chi connectivity index (χ0n) is 12.3.